The van der Waals surface area contributed by atoms with E-state index < -0.39 is 0 Å². The van der Waals surface area contributed by atoms with Gasteiger partial charge in [0.05, 0.1) is 18.2 Å². The van der Waals surface area contributed by atoms with Gasteiger partial charge in [-0.25, -0.2) is 9.59 Å². The maximum absolute atomic E-state index is 12.4. The lowest BCUT2D eigenvalue weighted by Gasteiger charge is -2.32. The van der Waals surface area contributed by atoms with Crippen LogP contribution in [0.3, 0.4) is 0 Å². The molecule has 3 unspecified atom stereocenters. The second kappa shape index (κ2) is 9.60. The normalized spacial score (nSPS) is 24.9. The number of ether oxygens (including phenoxy) is 1. The Kier molecular flexibility index (Phi) is 6.92. The average Bonchev–Trinajstić information content (AvgIpc) is 3.15. The Hall–Kier alpha value is -2.28. The first kappa shape index (κ1) is 19.5. The Morgan fingerprint density at radius 3 is 2.44 bits per heavy atom. The number of rotatable bonds is 5. The molecule has 0 bridgehead atoms. The van der Waals surface area contributed by atoms with Crippen LogP contribution in [0.25, 0.3) is 0 Å². The maximum Gasteiger partial charge on any atom is 0.319 e. The van der Waals surface area contributed by atoms with Crippen molar-refractivity contribution >= 4 is 17.7 Å². The molecule has 148 valence electrons. The van der Waals surface area contributed by atoms with Crippen LogP contribution in [0.5, 0.6) is 0 Å². The molecule has 7 nitrogen and oxygen atoms in total. The van der Waals surface area contributed by atoms with Crippen LogP contribution >= 0.6 is 0 Å². The highest BCUT2D eigenvalue weighted by Gasteiger charge is 2.28. The second-order valence-corrected chi connectivity index (χ2v) is 7.45. The molecule has 1 aliphatic heterocycles. The molecule has 27 heavy (non-hydrogen) atoms. The van der Waals surface area contributed by atoms with Crippen LogP contribution in [-0.2, 0) is 4.74 Å². The second-order valence-electron chi connectivity index (χ2n) is 7.45. The molecule has 0 radical (unpaired) electrons. The third-order valence-corrected chi connectivity index (χ3v) is 5.19. The summed E-state index contributed by atoms with van der Waals surface area (Å²) in [4.78, 5) is 24.6. The number of nitrogens with one attached hydrogen (secondary N) is 4. The molecule has 3 atom stereocenters. The molecular weight excluding hydrogens is 344 g/mol. The van der Waals surface area contributed by atoms with Crippen molar-refractivity contribution in [2.75, 3.05) is 18.5 Å². The molecule has 2 aliphatic rings. The number of urea groups is 2. The Morgan fingerprint density at radius 2 is 1.78 bits per heavy atom. The van der Waals surface area contributed by atoms with E-state index in [1.165, 1.54) is 0 Å². The molecule has 1 aromatic rings. The first-order chi connectivity index (χ1) is 13.1. The van der Waals surface area contributed by atoms with Gasteiger partial charge in [-0.1, -0.05) is 25.0 Å². The van der Waals surface area contributed by atoms with Crippen molar-refractivity contribution in [3.63, 3.8) is 0 Å². The van der Waals surface area contributed by atoms with Crippen LogP contribution in [0.1, 0.15) is 44.1 Å². The van der Waals surface area contributed by atoms with Crippen LogP contribution in [0.15, 0.2) is 24.3 Å². The van der Waals surface area contributed by atoms with Crippen molar-refractivity contribution in [1.29, 1.82) is 0 Å². The zero-order valence-electron chi connectivity index (χ0n) is 15.9. The van der Waals surface area contributed by atoms with E-state index in [4.69, 9.17) is 4.74 Å². The Balaban J connectivity index is 1.47. The fourth-order valence-corrected chi connectivity index (χ4v) is 3.77. The van der Waals surface area contributed by atoms with Crippen molar-refractivity contribution in [1.82, 2.24) is 16.0 Å². The van der Waals surface area contributed by atoms with Gasteiger partial charge in [0.2, 0.25) is 0 Å². The number of aryl methyl sites for hydroxylation is 1. The SMILES string of the molecule is Cc1cccc(NC(=O)NC2CCCCC2NC(=O)NCC2CCCO2)c1. The van der Waals surface area contributed by atoms with Crippen molar-refractivity contribution in [3.8, 4) is 0 Å². The smallest absolute Gasteiger partial charge is 0.319 e. The van der Waals surface area contributed by atoms with Crippen LogP contribution in [0, 0.1) is 6.92 Å². The van der Waals surface area contributed by atoms with Gasteiger partial charge >= 0.3 is 12.1 Å². The van der Waals surface area contributed by atoms with Crippen LogP contribution < -0.4 is 21.3 Å². The first-order valence-electron chi connectivity index (χ1n) is 9.90. The standard InChI is InChI=1S/C20H30N4O3/c1-14-6-4-7-15(12-14)22-20(26)24-18-10-3-2-9-17(18)23-19(25)21-13-16-8-5-11-27-16/h4,6-7,12,16-18H,2-3,5,8-11,13H2,1H3,(H2,21,23,25)(H2,22,24,26). The number of anilines is 1. The van der Waals surface area contributed by atoms with Gasteiger partial charge in [-0.2, -0.15) is 0 Å². The monoisotopic (exact) mass is 374 g/mol. The molecule has 3 rings (SSSR count). The summed E-state index contributed by atoms with van der Waals surface area (Å²) in [5, 5.41) is 11.8. The molecule has 0 aromatic heterocycles. The van der Waals surface area contributed by atoms with Crippen molar-refractivity contribution in [2.24, 2.45) is 0 Å². The number of hydrogen-bond acceptors (Lipinski definition) is 3. The molecule has 4 amide bonds. The predicted octanol–water partition coefficient (Wildman–Crippen LogP) is 2.91. The Bertz CT molecular complexity index is 646. The van der Waals surface area contributed by atoms with Gasteiger partial charge in [0.1, 0.15) is 0 Å². The lowest BCUT2D eigenvalue weighted by atomic mass is 9.90. The summed E-state index contributed by atoms with van der Waals surface area (Å²) >= 11 is 0. The quantitative estimate of drug-likeness (QED) is 0.639. The number of hydrogen-bond donors (Lipinski definition) is 4. The van der Waals surface area contributed by atoms with E-state index >= 15 is 0 Å². The summed E-state index contributed by atoms with van der Waals surface area (Å²) in [5.74, 6) is 0. The molecule has 1 aliphatic carbocycles. The number of amides is 4. The summed E-state index contributed by atoms with van der Waals surface area (Å²) in [7, 11) is 0. The van der Waals surface area contributed by atoms with E-state index in [0.717, 1.165) is 56.4 Å². The third kappa shape index (κ3) is 6.13. The summed E-state index contributed by atoms with van der Waals surface area (Å²) in [6.45, 7) is 3.29. The first-order valence-corrected chi connectivity index (χ1v) is 9.90. The predicted molar refractivity (Wildman–Crippen MR) is 105 cm³/mol. The van der Waals surface area contributed by atoms with Crippen molar-refractivity contribution in [3.05, 3.63) is 29.8 Å². The lowest BCUT2D eigenvalue weighted by Crippen LogP contribution is -2.56. The van der Waals surface area contributed by atoms with E-state index in [9.17, 15) is 9.59 Å². The minimum absolute atomic E-state index is 0.0634. The van der Waals surface area contributed by atoms with E-state index in [-0.39, 0.29) is 30.2 Å². The van der Waals surface area contributed by atoms with Crippen LogP contribution in [0.2, 0.25) is 0 Å². The van der Waals surface area contributed by atoms with E-state index in [2.05, 4.69) is 21.3 Å². The maximum atomic E-state index is 12.4. The number of carbonyl (C=O) groups excluding carboxylic acids is 2. The van der Waals surface area contributed by atoms with Gasteiger partial charge in [-0.15, -0.1) is 0 Å². The fraction of sp³-hybridized carbons (Fsp3) is 0.600. The van der Waals surface area contributed by atoms with Gasteiger partial charge in [-0.05, 0) is 50.3 Å². The summed E-state index contributed by atoms with van der Waals surface area (Å²) in [6.07, 6.45) is 5.99. The summed E-state index contributed by atoms with van der Waals surface area (Å²) in [5.41, 5.74) is 1.86. The molecule has 2 fully saturated rings. The zero-order valence-corrected chi connectivity index (χ0v) is 15.9. The topological polar surface area (TPSA) is 91.5 Å². The molecule has 1 saturated heterocycles. The molecule has 4 N–H and O–H groups in total. The van der Waals surface area contributed by atoms with Gasteiger partial charge in [-0.3, -0.25) is 0 Å². The Morgan fingerprint density at radius 1 is 1.04 bits per heavy atom. The minimum atomic E-state index is -0.237. The van der Waals surface area contributed by atoms with E-state index in [0.29, 0.717) is 6.54 Å². The number of carbonyl (C=O) groups is 2. The molecule has 1 aromatic carbocycles. The van der Waals surface area contributed by atoms with Gasteiger partial charge in [0.25, 0.3) is 0 Å². The molecule has 7 heteroatoms. The van der Waals surface area contributed by atoms with E-state index in [1.54, 1.807) is 0 Å². The number of benzene rings is 1. The summed E-state index contributed by atoms with van der Waals surface area (Å²) < 4.78 is 5.52. The highest BCUT2D eigenvalue weighted by Crippen LogP contribution is 2.19. The van der Waals surface area contributed by atoms with Gasteiger partial charge in [0, 0.05) is 18.8 Å². The zero-order chi connectivity index (χ0) is 19.1. The molecular formula is C20H30N4O3. The van der Waals surface area contributed by atoms with Gasteiger partial charge in [0.15, 0.2) is 0 Å². The molecule has 0 spiro atoms. The summed E-state index contributed by atoms with van der Waals surface area (Å²) in [6, 6.07) is 7.12. The van der Waals surface area contributed by atoms with Crippen molar-refractivity contribution < 1.29 is 14.3 Å². The lowest BCUT2D eigenvalue weighted by molar-refractivity contribution is 0.111. The highest BCUT2D eigenvalue weighted by atomic mass is 16.5. The van der Waals surface area contributed by atoms with Gasteiger partial charge < -0.3 is 26.0 Å². The molecule has 1 heterocycles. The van der Waals surface area contributed by atoms with Crippen LogP contribution in [0.4, 0.5) is 15.3 Å². The average molecular weight is 374 g/mol. The fourth-order valence-electron chi connectivity index (χ4n) is 3.77. The van der Waals surface area contributed by atoms with Crippen LogP contribution in [-0.4, -0.2) is 43.4 Å². The third-order valence-electron chi connectivity index (χ3n) is 5.19. The largest absolute Gasteiger partial charge is 0.376 e. The highest BCUT2D eigenvalue weighted by molar-refractivity contribution is 5.89. The Labute approximate surface area is 160 Å². The van der Waals surface area contributed by atoms with Crippen molar-refractivity contribution in [2.45, 2.75) is 63.6 Å². The molecule has 1 saturated carbocycles. The minimum Gasteiger partial charge on any atom is -0.376 e. The van der Waals surface area contributed by atoms with E-state index in [1.807, 2.05) is 31.2 Å².